The molecule has 11 heteroatoms. The van der Waals surface area contributed by atoms with E-state index < -0.39 is 35.4 Å². The number of amides is 1. The third-order valence-corrected chi connectivity index (χ3v) is 6.53. The number of aryl methyl sites for hydroxylation is 1. The van der Waals surface area contributed by atoms with E-state index in [0.29, 0.717) is 30.7 Å². The van der Waals surface area contributed by atoms with Crippen LogP contribution in [0.15, 0.2) is 30.5 Å². The predicted molar refractivity (Wildman–Crippen MR) is 120 cm³/mol. The monoisotopic (exact) mass is 491 g/mol. The molecule has 35 heavy (non-hydrogen) atoms. The molecule has 2 aliphatic rings. The van der Waals surface area contributed by atoms with Gasteiger partial charge in [0, 0.05) is 37.5 Å². The van der Waals surface area contributed by atoms with Crippen LogP contribution in [0.2, 0.25) is 0 Å². The Kier molecular flexibility index (Phi) is 6.02. The lowest BCUT2D eigenvalue weighted by Crippen LogP contribution is -2.39. The smallest absolute Gasteiger partial charge is 0.405 e. The summed E-state index contributed by atoms with van der Waals surface area (Å²) in [5.41, 5.74) is 1.75. The second-order valence-electron chi connectivity index (χ2n) is 9.01. The highest BCUT2D eigenvalue weighted by molar-refractivity contribution is 5.97. The van der Waals surface area contributed by atoms with Gasteiger partial charge in [0.15, 0.2) is 5.65 Å². The van der Waals surface area contributed by atoms with Crippen molar-refractivity contribution in [3.8, 4) is 5.75 Å². The summed E-state index contributed by atoms with van der Waals surface area (Å²) in [7, 11) is 0. The summed E-state index contributed by atoms with van der Waals surface area (Å²) in [6.45, 7) is 4.19. The van der Waals surface area contributed by atoms with Crippen LogP contribution in [-0.4, -0.2) is 51.4 Å². The Bertz CT molecular complexity index is 1250. The van der Waals surface area contributed by atoms with Crippen molar-refractivity contribution in [1.82, 2.24) is 19.5 Å². The van der Waals surface area contributed by atoms with Gasteiger partial charge in [-0.2, -0.15) is 5.10 Å². The maximum Gasteiger partial charge on any atom is 0.573 e. The Balaban J connectivity index is 1.48. The van der Waals surface area contributed by atoms with Gasteiger partial charge in [0.05, 0.1) is 17.3 Å². The zero-order valence-corrected chi connectivity index (χ0v) is 19.2. The van der Waals surface area contributed by atoms with Gasteiger partial charge in [-0.3, -0.25) is 4.79 Å². The Labute approximate surface area is 199 Å². The number of halogens is 4. The molecule has 1 atom stereocenters. The predicted octanol–water partition coefficient (Wildman–Crippen LogP) is 5.04. The normalized spacial score (nSPS) is 18.9. The van der Waals surface area contributed by atoms with Gasteiger partial charge in [-0.05, 0) is 57.2 Å². The number of fused-ring (bicyclic) bond motifs is 1. The molecule has 1 amide bonds. The number of carbonyl (C=O) groups excluding carboxylic acids is 1. The van der Waals surface area contributed by atoms with E-state index in [-0.39, 0.29) is 0 Å². The van der Waals surface area contributed by atoms with Gasteiger partial charge >= 0.3 is 6.36 Å². The first-order valence-corrected chi connectivity index (χ1v) is 11.7. The van der Waals surface area contributed by atoms with E-state index in [1.165, 1.54) is 4.90 Å². The fourth-order valence-electron chi connectivity index (χ4n) is 4.95. The second kappa shape index (κ2) is 9.01. The van der Waals surface area contributed by atoms with Crippen LogP contribution in [0.3, 0.4) is 0 Å². The van der Waals surface area contributed by atoms with Gasteiger partial charge in [-0.25, -0.2) is 13.9 Å². The zero-order chi connectivity index (χ0) is 24.7. The standard InChI is InChI=1S/C24H25F4N5O2/c1-15-14-33-21(29-22(15)31-9-4-5-10-31)13-18(30-33)19-6-2-3-11-32(19)23(34)17-12-16(25)7-8-20(17)35-24(26,27)28/h7-8,12-14,19H,2-6,9-11H2,1H3. The lowest BCUT2D eigenvalue weighted by Gasteiger charge is -2.35. The Morgan fingerprint density at radius 2 is 1.83 bits per heavy atom. The maximum atomic E-state index is 13.9. The molecule has 0 saturated carbocycles. The lowest BCUT2D eigenvalue weighted by atomic mass is 9.98. The third kappa shape index (κ3) is 4.76. The number of piperidine rings is 1. The topological polar surface area (TPSA) is 63.0 Å². The summed E-state index contributed by atoms with van der Waals surface area (Å²) in [4.78, 5) is 21.9. The number of hydrogen-bond acceptors (Lipinski definition) is 5. The van der Waals surface area contributed by atoms with Crippen LogP contribution in [0.4, 0.5) is 23.4 Å². The minimum Gasteiger partial charge on any atom is -0.405 e. The number of aromatic nitrogens is 3. The van der Waals surface area contributed by atoms with Crippen molar-refractivity contribution in [3.05, 3.63) is 53.1 Å². The van der Waals surface area contributed by atoms with Crippen molar-refractivity contribution in [1.29, 1.82) is 0 Å². The first kappa shape index (κ1) is 23.4. The van der Waals surface area contributed by atoms with Gasteiger partial charge in [0.2, 0.25) is 0 Å². The number of rotatable bonds is 4. The van der Waals surface area contributed by atoms with E-state index >= 15 is 0 Å². The largest absolute Gasteiger partial charge is 0.573 e. The molecule has 0 spiro atoms. The number of ether oxygens (including phenoxy) is 1. The van der Waals surface area contributed by atoms with Crippen molar-refractivity contribution < 1.29 is 27.1 Å². The molecule has 3 aromatic rings. The van der Waals surface area contributed by atoms with Gasteiger partial charge in [0.1, 0.15) is 17.4 Å². The highest BCUT2D eigenvalue weighted by Gasteiger charge is 2.36. The molecule has 5 rings (SSSR count). The summed E-state index contributed by atoms with van der Waals surface area (Å²) in [6.07, 6.45) is 1.22. The lowest BCUT2D eigenvalue weighted by molar-refractivity contribution is -0.274. The molecular weight excluding hydrogens is 466 g/mol. The number of alkyl halides is 3. The quantitative estimate of drug-likeness (QED) is 0.479. The molecule has 0 bridgehead atoms. The van der Waals surface area contributed by atoms with E-state index in [0.717, 1.165) is 61.9 Å². The van der Waals surface area contributed by atoms with E-state index in [2.05, 4.69) is 14.7 Å². The minimum absolute atomic E-state index is 0.310. The fraction of sp³-hybridized carbons (Fsp3) is 0.458. The van der Waals surface area contributed by atoms with Crippen LogP contribution in [0.25, 0.3) is 5.65 Å². The van der Waals surface area contributed by atoms with Crippen LogP contribution in [0.5, 0.6) is 5.75 Å². The van der Waals surface area contributed by atoms with Crippen molar-refractivity contribution in [2.24, 2.45) is 0 Å². The molecule has 186 valence electrons. The molecule has 1 unspecified atom stereocenters. The van der Waals surface area contributed by atoms with Crippen molar-refractivity contribution >= 4 is 17.4 Å². The van der Waals surface area contributed by atoms with Crippen LogP contribution >= 0.6 is 0 Å². The minimum atomic E-state index is -5.01. The average Bonchev–Trinajstić information content (AvgIpc) is 3.48. The van der Waals surface area contributed by atoms with Crippen LogP contribution < -0.4 is 9.64 Å². The molecule has 2 fully saturated rings. The highest BCUT2D eigenvalue weighted by Crippen LogP contribution is 2.35. The number of carbonyl (C=O) groups is 1. The van der Waals surface area contributed by atoms with Crippen LogP contribution in [-0.2, 0) is 0 Å². The van der Waals surface area contributed by atoms with E-state index in [1.807, 2.05) is 19.2 Å². The molecule has 0 N–H and O–H groups in total. The molecule has 0 radical (unpaired) electrons. The average molecular weight is 491 g/mol. The molecule has 7 nitrogen and oxygen atoms in total. The fourth-order valence-corrected chi connectivity index (χ4v) is 4.95. The van der Waals surface area contributed by atoms with Crippen LogP contribution in [0.1, 0.15) is 59.8 Å². The van der Waals surface area contributed by atoms with E-state index in [9.17, 15) is 22.4 Å². The van der Waals surface area contributed by atoms with E-state index in [4.69, 9.17) is 4.98 Å². The van der Waals surface area contributed by atoms with Gasteiger partial charge in [-0.1, -0.05) is 0 Å². The van der Waals surface area contributed by atoms with Crippen molar-refractivity contribution in [3.63, 3.8) is 0 Å². The Hall–Kier alpha value is -3.37. The highest BCUT2D eigenvalue weighted by atomic mass is 19.4. The van der Waals surface area contributed by atoms with Crippen LogP contribution in [0, 0.1) is 12.7 Å². The van der Waals surface area contributed by atoms with E-state index in [1.54, 1.807) is 4.52 Å². The van der Waals surface area contributed by atoms with Gasteiger partial charge in [0.25, 0.3) is 5.91 Å². The molecular formula is C24H25F4N5O2. The molecule has 0 aliphatic carbocycles. The Morgan fingerprint density at radius 1 is 1.09 bits per heavy atom. The second-order valence-corrected chi connectivity index (χ2v) is 9.01. The zero-order valence-electron chi connectivity index (χ0n) is 19.2. The van der Waals surface area contributed by atoms with Gasteiger partial charge in [-0.15, -0.1) is 13.2 Å². The molecule has 1 aromatic carbocycles. The molecule has 2 saturated heterocycles. The number of hydrogen-bond donors (Lipinski definition) is 0. The Morgan fingerprint density at radius 3 is 2.57 bits per heavy atom. The SMILES string of the molecule is Cc1cn2nc(C3CCCCN3C(=O)c3cc(F)ccc3OC(F)(F)F)cc2nc1N1CCCC1. The summed E-state index contributed by atoms with van der Waals surface area (Å²) < 4.78 is 58.3. The summed E-state index contributed by atoms with van der Waals surface area (Å²) >= 11 is 0. The molecule has 2 aromatic heterocycles. The maximum absolute atomic E-state index is 13.9. The number of benzene rings is 1. The third-order valence-electron chi connectivity index (χ3n) is 6.53. The summed E-state index contributed by atoms with van der Waals surface area (Å²) in [5.74, 6) is -1.37. The summed E-state index contributed by atoms with van der Waals surface area (Å²) in [6, 6.07) is 3.78. The van der Waals surface area contributed by atoms with Gasteiger partial charge < -0.3 is 14.5 Å². The van der Waals surface area contributed by atoms with Crippen molar-refractivity contribution in [2.45, 2.75) is 51.4 Å². The van der Waals surface area contributed by atoms with Crippen molar-refractivity contribution in [2.75, 3.05) is 24.5 Å². The number of likely N-dealkylation sites (tertiary alicyclic amines) is 1. The molecule has 2 aliphatic heterocycles. The number of anilines is 1. The first-order chi connectivity index (χ1) is 16.7. The molecule has 4 heterocycles. The first-order valence-electron chi connectivity index (χ1n) is 11.7. The number of nitrogens with zero attached hydrogens (tertiary/aromatic N) is 5. The summed E-state index contributed by atoms with van der Waals surface area (Å²) in [5, 5.41) is 4.65.